The summed E-state index contributed by atoms with van der Waals surface area (Å²) in [6.45, 7) is 0. The van der Waals surface area contributed by atoms with Gasteiger partial charge in [-0.05, 0) is 23.6 Å². The van der Waals surface area contributed by atoms with Crippen LogP contribution in [0.3, 0.4) is 0 Å². The number of nitro groups is 2. The first-order valence-corrected chi connectivity index (χ1v) is 8.10. The molecule has 0 fully saturated rings. The molecule has 6 nitrogen and oxygen atoms in total. The minimum absolute atomic E-state index is 0.0470. The van der Waals surface area contributed by atoms with E-state index in [1.165, 1.54) is 23.9 Å². The minimum Gasteiger partial charge on any atom is -0.258 e. The summed E-state index contributed by atoms with van der Waals surface area (Å²) in [4.78, 5) is 21.1. The van der Waals surface area contributed by atoms with Gasteiger partial charge in [0.15, 0.2) is 0 Å². The summed E-state index contributed by atoms with van der Waals surface area (Å²) in [7, 11) is 0. The third-order valence-corrected chi connectivity index (χ3v) is 5.76. The maximum atomic E-state index is 11.2. The fourth-order valence-electron chi connectivity index (χ4n) is 2.64. The maximum Gasteiger partial charge on any atom is 0.289 e. The van der Waals surface area contributed by atoms with Crippen molar-refractivity contribution in [2.75, 3.05) is 0 Å². The van der Waals surface area contributed by atoms with Crippen LogP contribution in [0.2, 0.25) is 0 Å². The molecule has 0 aliphatic heterocycles. The normalized spacial score (nSPS) is 19.3. The zero-order valence-electron chi connectivity index (χ0n) is 11.7. The minimum atomic E-state index is -0.642. The van der Waals surface area contributed by atoms with Gasteiger partial charge in [-0.1, -0.05) is 24.3 Å². The molecule has 0 bridgehead atoms. The van der Waals surface area contributed by atoms with Crippen LogP contribution in [0.25, 0.3) is 0 Å². The van der Waals surface area contributed by atoms with Gasteiger partial charge in [-0.3, -0.25) is 20.2 Å². The van der Waals surface area contributed by atoms with Crippen molar-refractivity contribution in [2.45, 2.75) is 21.9 Å². The van der Waals surface area contributed by atoms with Crippen LogP contribution in [0.5, 0.6) is 0 Å². The zero-order valence-corrected chi connectivity index (χ0v) is 13.3. The fraction of sp³-hybridized carbons (Fsp3) is 0.200. The maximum absolute atomic E-state index is 11.2. The van der Waals surface area contributed by atoms with Gasteiger partial charge in [0.1, 0.15) is 0 Å². The molecule has 0 N–H and O–H groups in total. The first kappa shape index (κ1) is 15.8. The molecule has 2 unspecified atom stereocenters. The highest BCUT2D eigenvalue weighted by molar-refractivity contribution is 8.00. The molecule has 1 aliphatic carbocycles. The number of hydrogen-bond acceptors (Lipinski definition) is 5. The number of alkyl halides is 1. The Morgan fingerprint density at radius 2 is 1.83 bits per heavy atom. The third-order valence-electron chi connectivity index (χ3n) is 3.73. The summed E-state index contributed by atoms with van der Waals surface area (Å²) in [6, 6.07) is 11.5. The number of rotatable bonds is 4. The topological polar surface area (TPSA) is 86.3 Å². The number of non-ortho nitro benzene ring substituents is 1. The van der Waals surface area contributed by atoms with E-state index in [0.717, 1.165) is 17.2 Å². The largest absolute Gasteiger partial charge is 0.289 e. The molecule has 23 heavy (non-hydrogen) atoms. The predicted octanol–water partition coefficient (Wildman–Crippen LogP) is 4.50. The lowest BCUT2D eigenvalue weighted by Gasteiger charge is -2.13. The van der Waals surface area contributed by atoms with E-state index in [0.29, 0.717) is 11.3 Å². The highest BCUT2D eigenvalue weighted by Crippen LogP contribution is 2.47. The monoisotopic (exact) mass is 350 g/mol. The van der Waals surface area contributed by atoms with E-state index in [9.17, 15) is 20.2 Å². The molecular formula is C15H11ClN2O4S. The van der Waals surface area contributed by atoms with Gasteiger partial charge in [-0.2, -0.15) is 0 Å². The Labute approximate surface area is 140 Å². The van der Waals surface area contributed by atoms with Gasteiger partial charge < -0.3 is 0 Å². The van der Waals surface area contributed by atoms with E-state index < -0.39 is 9.85 Å². The first-order chi connectivity index (χ1) is 11.0. The van der Waals surface area contributed by atoms with Crippen LogP contribution in [0.4, 0.5) is 11.4 Å². The number of nitrogens with zero attached hydrogens (tertiary/aromatic N) is 2. The highest BCUT2D eigenvalue weighted by Gasteiger charge is 2.33. The number of hydrogen-bond donors (Lipinski definition) is 0. The van der Waals surface area contributed by atoms with Crippen molar-refractivity contribution in [3.63, 3.8) is 0 Å². The molecule has 0 aromatic heterocycles. The van der Waals surface area contributed by atoms with E-state index in [-0.39, 0.29) is 22.0 Å². The van der Waals surface area contributed by atoms with Crippen molar-refractivity contribution >= 4 is 34.7 Å². The summed E-state index contributed by atoms with van der Waals surface area (Å²) >= 11 is 7.77. The Bertz CT molecular complexity index is 799. The van der Waals surface area contributed by atoms with E-state index in [1.807, 2.05) is 24.3 Å². The quantitative estimate of drug-likeness (QED) is 0.460. The van der Waals surface area contributed by atoms with Crippen molar-refractivity contribution in [3.8, 4) is 0 Å². The molecule has 2 aromatic carbocycles. The molecule has 0 spiro atoms. The van der Waals surface area contributed by atoms with Crippen molar-refractivity contribution < 1.29 is 9.85 Å². The average Bonchev–Trinajstić information content (AvgIpc) is 2.84. The van der Waals surface area contributed by atoms with Crippen LogP contribution in [0, 0.1) is 20.2 Å². The lowest BCUT2D eigenvalue weighted by atomic mass is 10.1. The average molecular weight is 351 g/mol. The van der Waals surface area contributed by atoms with Crippen LogP contribution >= 0.6 is 23.4 Å². The van der Waals surface area contributed by atoms with Gasteiger partial charge in [0.05, 0.1) is 26.2 Å². The van der Waals surface area contributed by atoms with Crippen LogP contribution in [-0.4, -0.2) is 15.1 Å². The van der Waals surface area contributed by atoms with Crippen molar-refractivity contribution in [3.05, 3.63) is 73.8 Å². The number of fused-ring (bicyclic) bond motifs is 1. The molecule has 3 rings (SSSR count). The van der Waals surface area contributed by atoms with E-state index in [4.69, 9.17) is 11.6 Å². The summed E-state index contributed by atoms with van der Waals surface area (Å²) in [6.07, 6.45) is 0.711. The molecule has 2 atom stereocenters. The van der Waals surface area contributed by atoms with E-state index >= 15 is 0 Å². The molecule has 0 saturated heterocycles. The molecule has 0 amide bonds. The highest BCUT2D eigenvalue weighted by atomic mass is 35.5. The van der Waals surface area contributed by atoms with Gasteiger partial charge >= 0.3 is 0 Å². The van der Waals surface area contributed by atoms with Crippen molar-refractivity contribution in [1.82, 2.24) is 0 Å². The second-order valence-corrected chi connectivity index (χ2v) is 6.88. The third kappa shape index (κ3) is 3.02. The van der Waals surface area contributed by atoms with Crippen LogP contribution in [0.15, 0.2) is 47.4 Å². The van der Waals surface area contributed by atoms with Gasteiger partial charge in [-0.15, -0.1) is 23.4 Å². The zero-order chi connectivity index (χ0) is 16.6. The molecular weight excluding hydrogens is 340 g/mol. The predicted molar refractivity (Wildman–Crippen MR) is 88.1 cm³/mol. The van der Waals surface area contributed by atoms with Crippen molar-refractivity contribution in [1.29, 1.82) is 0 Å². The summed E-state index contributed by atoms with van der Waals surface area (Å²) in [5.41, 5.74) is 1.62. The van der Waals surface area contributed by atoms with Crippen LogP contribution < -0.4 is 0 Å². The molecule has 0 heterocycles. The standard InChI is InChI=1S/C15H11ClN2O4S/c16-15-11-4-2-1-3-9(11)7-14(15)23-13-6-5-10(17(19)20)8-12(13)18(21)22/h1-6,8,14-15H,7H2. The fourth-order valence-corrected chi connectivity index (χ4v) is 4.35. The number of benzene rings is 2. The second-order valence-electron chi connectivity index (χ2n) is 5.13. The lowest BCUT2D eigenvalue weighted by molar-refractivity contribution is -0.396. The smallest absolute Gasteiger partial charge is 0.258 e. The SMILES string of the molecule is O=[N+]([O-])c1ccc(SC2Cc3ccccc3C2Cl)c([N+](=O)[O-])c1. The van der Waals surface area contributed by atoms with Gasteiger partial charge in [0, 0.05) is 11.3 Å². The second kappa shape index (κ2) is 6.17. The molecule has 8 heteroatoms. The molecule has 2 aromatic rings. The van der Waals surface area contributed by atoms with Gasteiger partial charge in [0.2, 0.25) is 0 Å². The Balaban J connectivity index is 1.89. The molecule has 118 valence electrons. The summed E-state index contributed by atoms with van der Waals surface area (Å²) in [5, 5.41) is 21.7. The molecule has 1 aliphatic rings. The Kier molecular flexibility index (Phi) is 4.23. The Morgan fingerprint density at radius 1 is 1.09 bits per heavy atom. The molecule has 0 radical (unpaired) electrons. The number of halogens is 1. The number of nitro benzene ring substituents is 2. The summed E-state index contributed by atoms with van der Waals surface area (Å²) in [5.74, 6) is 0. The van der Waals surface area contributed by atoms with E-state index in [1.54, 1.807) is 0 Å². The van der Waals surface area contributed by atoms with Gasteiger partial charge in [-0.25, -0.2) is 0 Å². The van der Waals surface area contributed by atoms with Crippen LogP contribution in [-0.2, 0) is 6.42 Å². The van der Waals surface area contributed by atoms with E-state index in [2.05, 4.69) is 0 Å². The Hall–Kier alpha value is -2.12. The Morgan fingerprint density at radius 3 is 2.48 bits per heavy atom. The molecule has 0 saturated carbocycles. The van der Waals surface area contributed by atoms with Crippen LogP contribution in [0.1, 0.15) is 16.5 Å². The van der Waals surface area contributed by atoms with Gasteiger partial charge in [0.25, 0.3) is 11.4 Å². The number of thioether (sulfide) groups is 1. The van der Waals surface area contributed by atoms with Crippen molar-refractivity contribution in [2.24, 2.45) is 0 Å². The first-order valence-electron chi connectivity index (χ1n) is 6.78. The summed E-state index contributed by atoms with van der Waals surface area (Å²) < 4.78 is 0. The lowest BCUT2D eigenvalue weighted by Crippen LogP contribution is -2.05.